The zero-order valence-electron chi connectivity index (χ0n) is 9.71. The van der Waals surface area contributed by atoms with Gasteiger partial charge in [0.05, 0.1) is 5.56 Å². The molecule has 0 spiro atoms. The van der Waals surface area contributed by atoms with Crippen molar-refractivity contribution in [1.29, 1.82) is 0 Å². The maximum Gasteiger partial charge on any atom is 0.419 e. The summed E-state index contributed by atoms with van der Waals surface area (Å²) in [6.07, 6.45) is -3.18. The fourth-order valence-corrected chi connectivity index (χ4v) is 1.56. The van der Waals surface area contributed by atoms with Gasteiger partial charge in [-0.05, 0) is 29.8 Å². The van der Waals surface area contributed by atoms with E-state index in [-0.39, 0.29) is 12.4 Å². The second kappa shape index (κ2) is 5.26. The van der Waals surface area contributed by atoms with E-state index in [1.807, 2.05) is 0 Å². The van der Waals surface area contributed by atoms with E-state index in [2.05, 4.69) is 10.3 Å². The molecule has 2 rings (SSSR count). The number of pyridine rings is 1. The van der Waals surface area contributed by atoms with Crippen molar-refractivity contribution in [3.05, 3.63) is 59.5 Å². The van der Waals surface area contributed by atoms with Gasteiger partial charge in [0.15, 0.2) is 0 Å². The van der Waals surface area contributed by atoms with Crippen molar-refractivity contribution in [3.8, 4) is 0 Å². The molecule has 0 saturated carbocycles. The first kappa shape index (κ1) is 13.3. The minimum atomic E-state index is -4.46. The molecule has 0 unspecified atom stereocenters. The van der Waals surface area contributed by atoms with Gasteiger partial charge < -0.3 is 5.32 Å². The minimum Gasteiger partial charge on any atom is -0.365 e. The van der Waals surface area contributed by atoms with Gasteiger partial charge >= 0.3 is 6.18 Å². The highest BCUT2D eigenvalue weighted by molar-refractivity contribution is 5.46. The lowest BCUT2D eigenvalue weighted by Gasteiger charge is -2.13. The molecule has 0 fully saturated rings. The molecule has 2 aromatic rings. The summed E-state index contributed by atoms with van der Waals surface area (Å²) in [4.78, 5) is 3.67. The van der Waals surface area contributed by atoms with Gasteiger partial charge in [-0.3, -0.25) is 0 Å². The second-order valence-corrected chi connectivity index (χ2v) is 3.88. The van der Waals surface area contributed by atoms with E-state index in [4.69, 9.17) is 0 Å². The fraction of sp³-hybridized carbons (Fsp3) is 0.154. The standard InChI is InChI=1S/C13H10F4N2/c14-10-5-3-9(4-6-10)8-19-12-11(13(15,16)17)2-1-7-18-12/h1-7H,8H2,(H,18,19). The van der Waals surface area contributed by atoms with E-state index in [0.717, 1.165) is 6.07 Å². The van der Waals surface area contributed by atoms with Crippen molar-refractivity contribution in [2.45, 2.75) is 12.7 Å². The summed E-state index contributed by atoms with van der Waals surface area (Å²) in [5, 5.41) is 2.60. The van der Waals surface area contributed by atoms with Gasteiger partial charge in [-0.25, -0.2) is 9.37 Å². The van der Waals surface area contributed by atoms with Crippen molar-refractivity contribution in [2.75, 3.05) is 5.32 Å². The second-order valence-electron chi connectivity index (χ2n) is 3.88. The lowest BCUT2D eigenvalue weighted by atomic mass is 10.2. The Balaban J connectivity index is 2.14. The van der Waals surface area contributed by atoms with Crippen LogP contribution in [0.3, 0.4) is 0 Å². The number of alkyl halides is 3. The molecule has 1 aromatic carbocycles. The lowest BCUT2D eigenvalue weighted by molar-refractivity contribution is -0.137. The van der Waals surface area contributed by atoms with Gasteiger partial charge in [0.1, 0.15) is 11.6 Å². The molecule has 1 aromatic heterocycles. The molecule has 100 valence electrons. The topological polar surface area (TPSA) is 24.9 Å². The van der Waals surface area contributed by atoms with Crippen LogP contribution in [0, 0.1) is 5.82 Å². The molecule has 0 aliphatic rings. The number of halogens is 4. The number of hydrogen-bond donors (Lipinski definition) is 1. The Hall–Kier alpha value is -2.11. The molecule has 1 heterocycles. The van der Waals surface area contributed by atoms with E-state index in [9.17, 15) is 17.6 Å². The van der Waals surface area contributed by atoms with E-state index in [1.165, 1.54) is 36.5 Å². The van der Waals surface area contributed by atoms with Crippen LogP contribution in [0.25, 0.3) is 0 Å². The van der Waals surface area contributed by atoms with E-state index < -0.39 is 17.6 Å². The Morgan fingerprint density at radius 2 is 1.74 bits per heavy atom. The zero-order valence-corrected chi connectivity index (χ0v) is 9.71. The largest absolute Gasteiger partial charge is 0.419 e. The highest BCUT2D eigenvalue weighted by Gasteiger charge is 2.33. The molecular formula is C13H10F4N2. The molecule has 0 bridgehead atoms. The van der Waals surface area contributed by atoms with E-state index in [1.54, 1.807) is 0 Å². The Morgan fingerprint density at radius 3 is 2.37 bits per heavy atom. The van der Waals surface area contributed by atoms with Crippen molar-refractivity contribution >= 4 is 5.82 Å². The zero-order chi connectivity index (χ0) is 13.9. The summed E-state index contributed by atoms with van der Waals surface area (Å²) in [6.45, 7) is 0.139. The summed E-state index contributed by atoms with van der Waals surface area (Å²) in [5.41, 5.74) is -0.155. The maximum absolute atomic E-state index is 12.7. The van der Waals surface area contributed by atoms with Crippen molar-refractivity contribution in [1.82, 2.24) is 4.98 Å². The van der Waals surface area contributed by atoms with E-state index >= 15 is 0 Å². The van der Waals surface area contributed by atoms with Crippen LogP contribution in [0.2, 0.25) is 0 Å². The first-order valence-corrected chi connectivity index (χ1v) is 5.47. The number of rotatable bonds is 3. The average molecular weight is 270 g/mol. The Kier molecular flexibility index (Phi) is 3.69. The van der Waals surface area contributed by atoms with Crippen LogP contribution in [0.4, 0.5) is 23.4 Å². The maximum atomic E-state index is 12.7. The first-order valence-electron chi connectivity index (χ1n) is 5.47. The van der Waals surface area contributed by atoms with Gasteiger partial charge in [0, 0.05) is 12.7 Å². The summed E-state index contributed by atoms with van der Waals surface area (Å²) in [6, 6.07) is 7.68. The van der Waals surface area contributed by atoms with Gasteiger partial charge in [0.25, 0.3) is 0 Å². The number of hydrogen-bond acceptors (Lipinski definition) is 2. The smallest absolute Gasteiger partial charge is 0.365 e. The van der Waals surface area contributed by atoms with Crippen molar-refractivity contribution in [2.24, 2.45) is 0 Å². The molecule has 0 saturated heterocycles. The van der Waals surface area contributed by atoms with Crippen molar-refractivity contribution < 1.29 is 17.6 Å². The number of anilines is 1. The van der Waals surface area contributed by atoms with Gasteiger partial charge in [-0.15, -0.1) is 0 Å². The molecule has 0 aliphatic heterocycles. The highest BCUT2D eigenvalue weighted by atomic mass is 19.4. The van der Waals surface area contributed by atoms with Gasteiger partial charge in [0.2, 0.25) is 0 Å². The van der Waals surface area contributed by atoms with Crippen LogP contribution in [-0.4, -0.2) is 4.98 Å². The lowest BCUT2D eigenvalue weighted by Crippen LogP contribution is -2.12. The molecule has 19 heavy (non-hydrogen) atoms. The summed E-state index contributed by atoms with van der Waals surface area (Å²) < 4.78 is 50.8. The first-order chi connectivity index (χ1) is 8.97. The Morgan fingerprint density at radius 1 is 1.05 bits per heavy atom. The van der Waals surface area contributed by atoms with Crippen LogP contribution in [-0.2, 0) is 12.7 Å². The predicted molar refractivity (Wildman–Crippen MR) is 63.0 cm³/mol. The minimum absolute atomic E-state index is 0.139. The molecule has 0 aliphatic carbocycles. The Bertz CT molecular complexity index is 549. The van der Waals surface area contributed by atoms with Gasteiger partial charge in [-0.2, -0.15) is 13.2 Å². The third-order valence-corrected chi connectivity index (χ3v) is 2.49. The predicted octanol–water partition coefficient (Wildman–Crippen LogP) is 3.85. The molecule has 0 amide bonds. The molecule has 2 nitrogen and oxygen atoms in total. The monoisotopic (exact) mass is 270 g/mol. The Labute approximate surface area is 107 Å². The summed E-state index contributed by atoms with van der Waals surface area (Å²) in [5.74, 6) is -0.628. The number of aromatic nitrogens is 1. The van der Waals surface area contributed by atoms with E-state index in [0.29, 0.717) is 5.56 Å². The SMILES string of the molecule is Fc1ccc(CNc2ncccc2C(F)(F)F)cc1. The molecule has 1 N–H and O–H groups in total. The van der Waals surface area contributed by atoms with Gasteiger partial charge in [-0.1, -0.05) is 12.1 Å². The fourth-order valence-electron chi connectivity index (χ4n) is 1.56. The van der Waals surface area contributed by atoms with Crippen LogP contribution in [0.5, 0.6) is 0 Å². The average Bonchev–Trinajstić information content (AvgIpc) is 2.37. The molecule has 6 heteroatoms. The van der Waals surface area contributed by atoms with Crippen LogP contribution in [0.15, 0.2) is 42.6 Å². The summed E-state index contributed by atoms with van der Waals surface area (Å²) >= 11 is 0. The third-order valence-electron chi connectivity index (χ3n) is 2.49. The summed E-state index contributed by atoms with van der Waals surface area (Å²) in [7, 11) is 0. The van der Waals surface area contributed by atoms with Crippen LogP contribution >= 0.6 is 0 Å². The third kappa shape index (κ3) is 3.43. The number of nitrogens with one attached hydrogen (secondary N) is 1. The molecular weight excluding hydrogens is 260 g/mol. The number of nitrogens with zero attached hydrogens (tertiary/aromatic N) is 1. The van der Waals surface area contributed by atoms with Crippen molar-refractivity contribution in [3.63, 3.8) is 0 Å². The normalized spacial score (nSPS) is 11.4. The molecule has 0 atom stereocenters. The van der Waals surface area contributed by atoms with Crippen LogP contribution < -0.4 is 5.32 Å². The quantitative estimate of drug-likeness (QED) is 0.857. The molecule has 0 radical (unpaired) electrons. The highest BCUT2D eigenvalue weighted by Crippen LogP contribution is 2.33. The number of benzene rings is 1. The van der Waals surface area contributed by atoms with Crippen LogP contribution in [0.1, 0.15) is 11.1 Å².